The van der Waals surface area contributed by atoms with Crippen molar-refractivity contribution >= 4 is 5.97 Å². The third kappa shape index (κ3) is 16.0. The van der Waals surface area contributed by atoms with Gasteiger partial charge in [-0.2, -0.15) is 0 Å². The molecule has 0 aromatic carbocycles. The van der Waals surface area contributed by atoms with Crippen molar-refractivity contribution in [3.05, 3.63) is 0 Å². The monoisotopic (exact) mass is 390 g/mol. The van der Waals surface area contributed by atoms with E-state index < -0.39 is 24.3 Å². The molecule has 0 unspecified atom stereocenters. The van der Waals surface area contributed by atoms with Gasteiger partial charge in [0.25, 0.3) is 0 Å². The van der Waals surface area contributed by atoms with E-state index in [2.05, 4.69) is 6.92 Å². The Kier molecular flexibility index (Phi) is 18.2. The molecule has 6 heteroatoms. The molecule has 1 saturated heterocycles. The number of carbonyl (C=O) groups is 1. The molecule has 1 heterocycles. The number of aliphatic hydroxyl groups is 3. The van der Waals surface area contributed by atoms with E-state index in [0.29, 0.717) is 6.42 Å². The summed E-state index contributed by atoms with van der Waals surface area (Å²) in [5.41, 5.74) is 0. The van der Waals surface area contributed by atoms with Gasteiger partial charge < -0.3 is 25.2 Å². The van der Waals surface area contributed by atoms with Gasteiger partial charge in [-0.3, -0.25) is 4.79 Å². The Hall–Kier alpha value is -0.690. The van der Waals surface area contributed by atoms with Crippen LogP contribution in [0.4, 0.5) is 0 Å². The molecule has 4 N–H and O–H groups in total. The van der Waals surface area contributed by atoms with Crippen LogP contribution >= 0.6 is 0 Å². The van der Waals surface area contributed by atoms with Gasteiger partial charge in [0.2, 0.25) is 0 Å². The molecule has 0 amide bonds. The number of hydrogen-bond acceptors (Lipinski definition) is 5. The first-order valence-corrected chi connectivity index (χ1v) is 10.8. The average molecular weight is 391 g/mol. The van der Waals surface area contributed by atoms with Crippen LogP contribution in [-0.4, -0.2) is 57.9 Å². The summed E-state index contributed by atoms with van der Waals surface area (Å²) < 4.78 is 4.78. The molecule has 6 nitrogen and oxygen atoms in total. The molecule has 0 spiro atoms. The third-order valence-corrected chi connectivity index (χ3v) is 4.93. The lowest BCUT2D eigenvalue weighted by molar-refractivity contribution is -0.137. The molecule has 0 aromatic heterocycles. The summed E-state index contributed by atoms with van der Waals surface area (Å²) in [6.07, 6.45) is 14.9. The fraction of sp³-hybridized carbons (Fsp3) is 0.952. The van der Waals surface area contributed by atoms with E-state index >= 15 is 0 Å². The molecule has 1 aliphatic heterocycles. The van der Waals surface area contributed by atoms with Crippen LogP contribution in [0.1, 0.15) is 96.8 Å². The number of aliphatic hydroxyl groups excluding tert-OH is 3. The predicted molar refractivity (Wildman–Crippen MR) is 107 cm³/mol. The summed E-state index contributed by atoms with van der Waals surface area (Å²) in [4.78, 5) is 10.3. The normalized spacial score (nSPS) is 21.7. The third-order valence-electron chi connectivity index (χ3n) is 4.93. The zero-order valence-corrected chi connectivity index (χ0v) is 17.2. The second-order valence-corrected chi connectivity index (χ2v) is 7.50. The fourth-order valence-electron chi connectivity index (χ4n) is 3.12. The molecule has 0 aromatic rings. The fourth-order valence-corrected chi connectivity index (χ4v) is 3.12. The summed E-state index contributed by atoms with van der Waals surface area (Å²) in [5.74, 6) is -0.655. The smallest absolute Gasteiger partial charge is 0.303 e. The van der Waals surface area contributed by atoms with E-state index in [1.807, 2.05) is 0 Å². The number of rotatable bonds is 15. The topological polar surface area (TPSA) is 107 Å². The second kappa shape index (κ2) is 18.7. The Labute approximate surface area is 164 Å². The Morgan fingerprint density at radius 1 is 0.852 bits per heavy atom. The van der Waals surface area contributed by atoms with Crippen molar-refractivity contribution in [2.24, 2.45) is 0 Å². The first-order chi connectivity index (χ1) is 13.0. The summed E-state index contributed by atoms with van der Waals surface area (Å²) in [7, 11) is 0. The quantitative estimate of drug-likeness (QED) is 0.318. The van der Waals surface area contributed by atoms with Crippen LogP contribution in [0.5, 0.6) is 0 Å². The van der Waals surface area contributed by atoms with E-state index in [0.717, 1.165) is 12.8 Å². The molecule has 3 atom stereocenters. The molecule has 0 saturated carbocycles. The van der Waals surface area contributed by atoms with Crippen molar-refractivity contribution in [1.29, 1.82) is 0 Å². The van der Waals surface area contributed by atoms with E-state index in [1.165, 1.54) is 70.6 Å². The standard InChI is InChI=1S/C16H32O2.C5H10O4/c1-2-3-4-5-6-7-8-9-10-11-12-13-14-15-16(17)18;6-1-4-5(8)3(7)2-9-4/h2-15H2,1H3,(H,17,18);3-8H,1-2H2/t;3-,4+,5-/m.0/s1. The number of aliphatic carboxylic acids is 1. The van der Waals surface area contributed by atoms with E-state index in [-0.39, 0.29) is 13.2 Å². The largest absolute Gasteiger partial charge is 0.481 e. The molecular weight excluding hydrogens is 348 g/mol. The SMILES string of the molecule is CCCCCCCCCCCCCCCC(=O)O.OC[C@H]1OC[C@H](O)[C@@H]1O. The highest BCUT2D eigenvalue weighted by atomic mass is 16.5. The van der Waals surface area contributed by atoms with Crippen LogP contribution in [0.2, 0.25) is 0 Å². The van der Waals surface area contributed by atoms with Gasteiger partial charge in [-0.25, -0.2) is 0 Å². The van der Waals surface area contributed by atoms with Gasteiger partial charge in [-0.1, -0.05) is 84.0 Å². The van der Waals surface area contributed by atoms with Crippen molar-refractivity contribution in [2.45, 2.75) is 115 Å². The Bertz CT molecular complexity index is 337. The molecule has 27 heavy (non-hydrogen) atoms. The highest BCUT2D eigenvalue weighted by Crippen LogP contribution is 2.13. The van der Waals surface area contributed by atoms with E-state index in [4.69, 9.17) is 25.2 Å². The van der Waals surface area contributed by atoms with Gasteiger partial charge in [0.15, 0.2) is 0 Å². The molecule has 0 aliphatic carbocycles. The molecule has 1 rings (SSSR count). The molecule has 1 aliphatic rings. The van der Waals surface area contributed by atoms with Crippen LogP contribution < -0.4 is 0 Å². The van der Waals surface area contributed by atoms with Crippen molar-refractivity contribution in [3.8, 4) is 0 Å². The molecule has 0 bridgehead atoms. The number of carboxylic acids is 1. The highest BCUT2D eigenvalue weighted by molar-refractivity contribution is 5.66. The molecular formula is C21H42O6. The van der Waals surface area contributed by atoms with Gasteiger partial charge in [0.1, 0.15) is 18.3 Å². The van der Waals surface area contributed by atoms with Gasteiger partial charge in [0.05, 0.1) is 13.2 Å². The highest BCUT2D eigenvalue weighted by Gasteiger charge is 2.33. The Morgan fingerprint density at radius 2 is 1.30 bits per heavy atom. The zero-order valence-electron chi connectivity index (χ0n) is 17.2. The lowest BCUT2D eigenvalue weighted by Gasteiger charge is -2.10. The maximum atomic E-state index is 10.3. The van der Waals surface area contributed by atoms with E-state index in [9.17, 15) is 4.79 Å². The second-order valence-electron chi connectivity index (χ2n) is 7.50. The van der Waals surface area contributed by atoms with Crippen LogP contribution in [0, 0.1) is 0 Å². The van der Waals surface area contributed by atoms with Gasteiger partial charge >= 0.3 is 5.97 Å². The molecule has 1 fully saturated rings. The minimum atomic E-state index is -0.921. The summed E-state index contributed by atoms with van der Waals surface area (Å²) >= 11 is 0. The van der Waals surface area contributed by atoms with Gasteiger partial charge in [0, 0.05) is 6.42 Å². The maximum absolute atomic E-state index is 10.3. The van der Waals surface area contributed by atoms with Crippen molar-refractivity contribution in [2.75, 3.05) is 13.2 Å². The van der Waals surface area contributed by atoms with Gasteiger partial charge in [-0.15, -0.1) is 0 Å². The van der Waals surface area contributed by atoms with Crippen molar-refractivity contribution in [3.63, 3.8) is 0 Å². The van der Waals surface area contributed by atoms with Crippen LogP contribution in [0.3, 0.4) is 0 Å². The summed E-state index contributed by atoms with van der Waals surface area (Å²) in [6, 6.07) is 0. The van der Waals surface area contributed by atoms with Gasteiger partial charge in [-0.05, 0) is 6.42 Å². The number of hydrogen-bond donors (Lipinski definition) is 4. The van der Waals surface area contributed by atoms with Crippen molar-refractivity contribution in [1.82, 2.24) is 0 Å². The minimum absolute atomic E-state index is 0.117. The summed E-state index contributed by atoms with van der Waals surface area (Å²) in [5, 5.41) is 34.7. The van der Waals surface area contributed by atoms with Crippen LogP contribution in [0.15, 0.2) is 0 Å². The van der Waals surface area contributed by atoms with E-state index in [1.54, 1.807) is 0 Å². The lowest BCUT2D eigenvalue weighted by atomic mass is 10.0. The van der Waals surface area contributed by atoms with Crippen LogP contribution in [-0.2, 0) is 9.53 Å². The average Bonchev–Trinajstić information content (AvgIpc) is 2.97. The minimum Gasteiger partial charge on any atom is -0.481 e. The van der Waals surface area contributed by atoms with Crippen LogP contribution in [0.25, 0.3) is 0 Å². The first-order valence-electron chi connectivity index (χ1n) is 10.8. The first kappa shape index (κ1) is 26.3. The zero-order chi connectivity index (χ0) is 20.3. The maximum Gasteiger partial charge on any atom is 0.303 e. The summed E-state index contributed by atoms with van der Waals surface area (Å²) in [6.45, 7) is 2.14. The molecule has 162 valence electrons. The Morgan fingerprint density at radius 3 is 1.59 bits per heavy atom. The number of ether oxygens (including phenoxy) is 1. The number of carboxylic acid groups (broad SMARTS) is 1. The Balaban J connectivity index is 0.000000621. The number of unbranched alkanes of at least 4 members (excludes halogenated alkanes) is 12. The lowest BCUT2D eigenvalue weighted by Crippen LogP contribution is -2.31. The predicted octanol–water partition coefficient (Wildman–Crippen LogP) is 3.65. The van der Waals surface area contributed by atoms with Crippen molar-refractivity contribution < 1.29 is 30.0 Å². The molecule has 0 radical (unpaired) electrons.